The predicted octanol–water partition coefficient (Wildman–Crippen LogP) is 1.58. The number of carbonyl (C=O) groups excluding carboxylic acids is 1. The Kier molecular flexibility index (Phi) is 5.02. The van der Waals surface area contributed by atoms with Gasteiger partial charge in [0, 0.05) is 32.6 Å². The molecule has 1 aliphatic carbocycles. The zero-order chi connectivity index (χ0) is 14.6. The van der Waals surface area contributed by atoms with E-state index in [9.17, 15) is 14.7 Å². The number of aliphatic carboxylic acids is 1. The SMILES string of the molecule is CCN1CCN(C(=O)CC2(C(=O)O)CCCCC2)CC1. The minimum Gasteiger partial charge on any atom is -0.481 e. The van der Waals surface area contributed by atoms with Gasteiger partial charge in [-0.05, 0) is 19.4 Å². The highest BCUT2D eigenvalue weighted by atomic mass is 16.4. The third-order valence-corrected chi connectivity index (χ3v) is 4.93. The summed E-state index contributed by atoms with van der Waals surface area (Å²) in [7, 11) is 0. The first-order valence-electron chi connectivity index (χ1n) is 7.81. The molecule has 20 heavy (non-hydrogen) atoms. The fourth-order valence-electron chi connectivity index (χ4n) is 3.41. The summed E-state index contributed by atoms with van der Waals surface area (Å²) >= 11 is 0. The number of piperazine rings is 1. The molecule has 1 heterocycles. The lowest BCUT2D eigenvalue weighted by molar-refractivity contribution is -0.156. The van der Waals surface area contributed by atoms with Gasteiger partial charge in [0.25, 0.3) is 0 Å². The number of carboxylic acid groups (broad SMARTS) is 1. The molecule has 0 aromatic rings. The number of amides is 1. The normalized spacial score (nSPS) is 23.6. The van der Waals surface area contributed by atoms with Crippen LogP contribution in [0.4, 0.5) is 0 Å². The standard InChI is InChI=1S/C15H26N2O3/c1-2-16-8-10-17(11-9-16)13(18)12-15(14(19)20)6-4-3-5-7-15/h2-12H2,1H3,(H,19,20). The molecule has 5 nitrogen and oxygen atoms in total. The molecule has 0 unspecified atom stereocenters. The largest absolute Gasteiger partial charge is 0.481 e. The van der Waals surface area contributed by atoms with E-state index in [1.165, 1.54) is 0 Å². The van der Waals surface area contributed by atoms with Crippen LogP contribution >= 0.6 is 0 Å². The van der Waals surface area contributed by atoms with E-state index >= 15 is 0 Å². The van der Waals surface area contributed by atoms with Crippen molar-refractivity contribution in [3.05, 3.63) is 0 Å². The van der Waals surface area contributed by atoms with Gasteiger partial charge >= 0.3 is 5.97 Å². The fraction of sp³-hybridized carbons (Fsp3) is 0.867. The van der Waals surface area contributed by atoms with Crippen LogP contribution in [-0.2, 0) is 9.59 Å². The minimum absolute atomic E-state index is 0.0325. The Morgan fingerprint density at radius 3 is 2.15 bits per heavy atom. The van der Waals surface area contributed by atoms with Crippen molar-refractivity contribution in [2.24, 2.45) is 5.41 Å². The Hall–Kier alpha value is -1.10. The molecule has 1 aliphatic heterocycles. The maximum Gasteiger partial charge on any atom is 0.310 e. The van der Waals surface area contributed by atoms with Gasteiger partial charge in [-0.3, -0.25) is 9.59 Å². The summed E-state index contributed by atoms with van der Waals surface area (Å²) in [5.74, 6) is -0.747. The van der Waals surface area contributed by atoms with Crippen molar-refractivity contribution in [2.75, 3.05) is 32.7 Å². The third-order valence-electron chi connectivity index (χ3n) is 4.93. The lowest BCUT2D eigenvalue weighted by Gasteiger charge is -2.38. The Labute approximate surface area is 120 Å². The lowest BCUT2D eigenvalue weighted by atomic mass is 9.71. The van der Waals surface area contributed by atoms with E-state index in [4.69, 9.17) is 0 Å². The molecular formula is C15H26N2O3. The molecule has 2 fully saturated rings. The van der Waals surface area contributed by atoms with Gasteiger partial charge in [0.05, 0.1) is 5.41 Å². The van der Waals surface area contributed by atoms with E-state index in [1.54, 1.807) is 0 Å². The second-order valence-electron chi connectivity index (χ2n) is 6.14. The highest BCUT2D eigenvalue weighted by molar-refractivity contribution is 5.85. The number of carbonyl (C=O) groups is 2. The van der Waals surface area contributed by atoms with Gasteiger partial charge in [-0.2, -0.15) is 0 Å². The van der Waals surface area contributed by atoms with E-state index in [0.29, 0.717) is 12.8 Å². The predicted molar refractivity (Wildman–Crippen MR) is 76.5 cm³/mol. The van der Waals surface area contributed by atoms with Gasteiger partial charge in [0.15, 0.2) is 0 Å². The smallest absolute Gasteiger partial charge is 0.310 e. The number of carboxylic acids is 1. The Morgan fingerprint density at radius 2 is 1.65 bits per heavy atom. The molecule has 0 aromatic carbocycles. The molecule has 5 heteroatoms. The number of rotatable bonds is 4. The van der Waals surface area contributed by atoms with Crippen LogP contribution in [0, 0.1) is 5.41 Å². The second kappa shape index (κ2) is 6.57. The number of hydrogen-bond donors (Lipinski definition) is 1. The molecule has 1 saturated heterocycles. The molecule has 0 bridgehead atoms. The van der Waals surface area contributed by atoms with Gasteiger partial charge in [-0.1, -0.05) is 26.2 Å². The zero-order valence-electron chi connectivity index (χ0n) is 12.4. The van der Waals surface area contributed by atoms with Crippen LogP contribution < -0.4 is 0 Å². The quantitative estimate of drug-likeness (QED) is 0.850. The van der Waals surface area contributed by atoms with Crippen molar-refractivity contribution in [2.45, 2.75) is 45.4 Å². The van der Waals surface area contributed by atoms with Crippen molar-refractivity contribution in [3.8, 4) is 0 Å². The summed E-state index contributed by atoms with van der Waals surface area (Å²) in [4.78, 5) is 28.2. The lowest BCUT2D eigenvalue weighted by Crippen LogP contribution is -2.50. The number of nitrogens with zero attached hydrogens (tertiary/aromatic N) is 2. The highest BCUT2D eigenvalue weighted by Crippen LogP contribution is 2.40. The molecule has 0 aromatic heterocycles. The Bertz CT molecular complexity index is 356. The molecule has 2 aliphatic rings. The number of hydrogen-bond acceptors (Lipinski definition) is 3. The van der Waals surface area contributed by atoms with Crippen LogP contribution in [0.1, 0.15) is 45.4 Å². The van der Waals surface area contributed by atoms with E-state index in [1.807, 2.05) is 4.90 Å². The van der Waals surface area contributed by atoms with E-state index in [0.717, 1.165) is 52.0 Å². The molecule has 2 rings (SSSR count). The average Bonchev–Trinajstić information content (AvgIpc) is 2.48. The molecular weight excluding hydrogens is 256 g/mol. The van der Waals surface area contributed by atoms with Crippen LogP contribution in [0.2, 0.25) is 0 Å². The summed E-state index contributed by atoms with van der Waals surface area (Å²) in [5.41, 5.74) is -0.794. The summed E-state index contributed by atoms with van der Waals surface area (Å²) in [5, 5.41) is 9.54. The average molecular weight is 282 g/mol. The summed E-state index contributed by atoms with van der Waals surface area (Å²) in [6.45, 7) is 6.43. The van der Waals surface area contributed by atoms with Crippen molar-refractivity contribution >= 4 is 11.9 Å². The van der Waals surface area contributed by atoms with Crippen molar-refractivity contribution < 1.29 is 14.7 Å². The topological polar surface area (TPSA) is 60.9 Å². The van der Waals surface area contributed by atoms with Crippen molar-refractivity contribution in [3.63, 3.8) is 0 Å². The van der Waals surface area contributed by atoms with E-state index < -0.39 is 11.4 Å². The molecule has 114 valence electrons. The van der Waals surface area contributed by atoms with Crippen LogP contribution in [0.5, 0.6) is 0 Å². The first-order chi connectivity index (χ1) is 9.57. The molecule has 0 atom stereocenters. The molecule has 1 amide bonds. The van der Waals surface area contributed by atoms with Gasteiger partial charge in [-0.25, -0.2) is 0 Å². The summed E-state index contributed by atoms with van der Waals surface area (Å²) in [6.07, 6.45) is 4.46. The zero-order valence-corrected chi connectivity index (χ0v) is 12.4. The minimum atomic E-state index is -0.794. The Balaban J connectivity index is 1.94. The van der Waals surface area contributed by atoms with Crippen LogP contribution in [0.15, 0.2) is 0 Å². The molecule has 0 radical (unpaired) electrons. The van der Waals surface area contributed by atoms with E-state index in [-0.39, 0.29) is 12.3 Å². The molecule has 1 saturated carbocycles. The monoisotopic (exact) mass is 282 g/mol. The van der Waals surface area contributed by atoms with Crippen LogP contribution in [0.25, 0.3) is 0 Å². The van der Waals surface area contributed by atoms with Crippen LogP contribution in [0.3, 0.4) is 0 Å². The maximum atomic E-state index is 12.4. The molecule has 1 N–H and O–H groups in total. The van der Waals surface area contributed by atoms with Gasteiger partial charge in [-0.15, -0.1) is 0 Å². The molecule has 0 spiro atoms. The summed E-state index contributed by atoms with van der Waals surface area (Å²) in [6, 6.07) is 0. The van der Waals surface area contributed by atoms with Crippen molar-refractivity contribution in [1.82, 2.24) is 9.80 Å². The first-order valence-corrected chi connectivity index (χ1v) is 7.81. The highest BCUT2D eigenvalue weighted by Gasteiger charge is 2.42. The van der Waals surface area contributed by atoms with Gasteiger partial charge in [0.1, 0.15) is 0 Å². The second-order valence-corrected chi connectivity index (χ2v) is 6.14. The fourth-order valence-corrected chi connectivity index (χ4v) is 3.41. The number of likely N-dealkylation sites (N-methyl/N-ethyl adjacent to an activating group) is 1. The first kappa shape index (κ1) is 15.3. The summed E-state index contributed by atoms with van der Waals surface area (Å²) < 4.78 is 0. The van der Waals surface area contributed by atoms with Crippen LogP contribution in [-0.4, -0.2) is 59.5 Å². The van der Waals surface area contributed by atoms with Gasteiger partial charge in [0.2, 0.25) is 5.91 Å². The van der Waals surface area contributed by atoms with Gasteiger partial charge < -0.3 is 14.9 Å². The Morgan fingerprint density at radius 1 is 1.05 bits per heavy atom. The third kappa shape index (κ3) is 3.32. The maximum absolute atomic E-state index is 12.4. The van der Waals surface area contributed by atoms with Crippen molar-refractivity contribution in [1.29, 1.82) is 0 Å². The van der Waals surface area contributed by atoms with E-state index in [2.05, 4.69) is 11.8 Å².